The van der Waals surface area contributed by atoms with Gasteiger partial charge in [0.1, 0.15) is 23.3 Å². The zero-order valence-electron chi connectivity index (χ0n) is 19.1. The monoisotopic (exact) mass is 440 g/mol. The predicted octanol–water partition coefficient (Wildman–Crippen LogP) is 5.86. The molecule has 0 saturated carbocycles. The summed E-state index contributed by atoms with van der Waals surface area (Å²) in [5, 5.41) is 11.7. The summed E-state index contributed by atoms with van der Waals surface area (Å²) in [4.78, 5) is 10.3. The Labute approximate surface area is 193 Å². The molecule has 4 aromatic rings. The Morgan fingerprint density at radius 2 is 1.91 bits per heavy atom. The number of H-pyrrole nitrogens is 1. The van der Waals surface area contributed by atoms with Crippen molar-refractivity contribution in [2.75, 3.05) is 26.2 Å². The minimum absolute atomic E-state index is 0.495. The van der Waals surface area contributed by atoms with Crippen molar-refractivity contribution in [3.63, 3.8) is 0 Å². The van der Waals surface area contributed by atoms with Gasteiger partial charge in [-0.3, -0.25) is 4.98 Å². The van der Waals surface area contributed by atoms with Crippen molar-refractivity contribution in [2.45, 2.75) is 33.1 Å². The molecule has 1 aliphatic heterocycles. The van der Waals surface area contributed by atoms with Crippen LogP contribution in [0.3, 0.4) is 0 Å². The average molecular weight is 441 g/mol. The largest absolute Gasteiger partial charge is 0.492 e. The van der Waals surface area contributed by atoms with Crippen molar-refractivity contribution >= 4 is 21.8 Å². The third-order valence-electron chi connectivity index (χ3n) is 6.51. The number of hydrogen-bond acceptors (Lipinski definition) is 5. The number of nitrogens with one attached hydrogen (secondary N) is 1. The molecule has 3 heterocycles. The van der Waals surface area contributed by atoms with Crippen LogP contribution in [0.4, 0.5) is 0 Å². The van der Waals surface area contributed by atoms with Crippen molar-refractivity contribution in [2.24, 2.45) is 0 Å². The number of nitriles is 1. The Hall–Kier alpha value is -3.56. The first-order valence-corrected chi connectivity index (χ1v) is 11.6. The number of likely N-dealkylation sites (tertiary alicyclic amines) is 1. The highest BCUT2D eigenvalue weighted by Gasteiger charge is 2.14. The molecule has 1 saturated heterocycles. The molecule has 1 aliphatic rings. The lowest BCUT2D eigenvalue weighted by Crippen LogP contribution is -2.22. The van der Waals surface area contributed by atoms with E-state index in [1.807, 2.05) is 36.4 Å². The van der Waals surface area contributed by atoms with Crippen molar-refractivity contribution in [3.8, 4) is 23.3 Å². The fraction of sp³-hybridized carbons (Fsp3) is 0.333. The predicted molar refractivity (Wildman–Crippen MR) is 130 cm³/mol. The van der Waals surface area contributed by atoms with Gasteiger partial charge in [0.15, 0.2) is 0 Å². The molecule has 6 nitrogen and oxygen atoms in total. The summed E-state index contributed by atoms with van der Waals surface area (Å²) in [6.45, 7) is 8.16. The number of aromatic nitrogens is 2. The van der Waals surface area contributed by atoms with Crippen molar-refractivity contribution in [3.05, 3.63) is 59.4 Å². The fourth-order valence-corrected chi connectivity index (χ4v) is 4.55. The van der Waals surface area contributed by atoms with E-state index in [1.54, 1.807) is 6.20 Å². The van der Waals surface area contributed by atoms with Gasteiger partial charge in [-0.1, -0.05) is 0 Å². The highest BCUT2D eigenvalue weighted by molar-refractivity contribution is 5.89. The number of aromatic amines is 1. The van der Waals surface area contributed by atoms with Crippen LogP contribution in [0, 0.1) is 25.2 Å². The Balaban J connectivity index is 1.37. The molecule has 0 unspecified atom stereocenters. The van der Waals surface area contributed by atoms with Crippen molar-refractivity contribution < 1.29 is 9.47 Å². The average Bonchev–Trinajstić information content (AvgIpc) is 3.44. The maximum atomic E-state index is 9.74. The number of aryl methyl sites for hydroxylation is 2. The van der Waals surface area contributed by atoms with E-state index in [0.717, 1.165) is 46.2 Å². The minimum atomic E-state index is 0.495. The number of hydrogen-bond donors (Lipinski definition) is 1. The fourth-order valence-electron chi connectivity index (χ4n) is 4.55. The molecule has 1 N–H and O–H groups in total. The number of pyridine rings is 1. The van der Waals surface area contributed by atoms with Gasteiger partial charge in [-0.15, -0.1) is 0 Å². The summed E-state index contributed by atoms with van der Waals surface area (Å²) in [5.74, 6) is 2.00. The van der Waals surface area contributed by atoms with Gasteiger partial charge in [-0.2, -0.15) is 5.26 Å². The van der Waals surface area contributed by atoms with E-state index >= 15 is 0 Å². The van der Waals surface area contributed by atoms with E-state index in [9.17, 15) is 5.26 Å². The maximum absolute atomic E-state index is 9.74. The maximum Gasteiger partial charge on any atom is 0.139 e. The van der Waals surface area contributed by atoms with Gasteiger partial charge in [-0.25, -0.2) is 0 Å². The van der Waals surface area contributed by atoms with Crippen LogP contribution >= 0.6 is 0 Å². The Morgan fingerprint density at radius 3 is 2.73 bits per heavy atom. The molecule has 0 amide bonds. The molecule has 168 valence electrons. The third kappa shape index (κ3) is 4.37. The van der Waals surface area contributed by atoms with Crippen LogP contribution in [-0.4, -0.2) is 41.1 Å². The standard InChI is InChI=1S/C27H28N4O2/c1-18-19(2)30-24-7-6-21(15-22(18)24)33-26-8-9-29-25-16-27(20(17-28)14-23(25)26)32-13-5-12-31-10-3-4-11-31/h6-9,14-16,30H,3-5,10-13H2,1-2H3. The first-order valence-electron chi connectivity index (χ1n) is 11.6. The summed E-state index contributed by atoms with van der Waals surface area (Å²) in [5.41, 5.74) is 4.71. The summed E-state index contributed by atoms with van der Waals surface area (Å²) in [6, 6.07) is 13.8. The normalized spacial score (nSPS) is 14.1. The number of ether oxygens (including phenoxy) is 2. The number of rotatable bonds is 7. The highest BCUT2D eigenvalue weighted by Crippen LogP contribution is 2.34. The van der Waals surface area contributed by atoms with Crippen LogP contribution in [0.1, 0.15) is 36.1 Å². The topological polar surface area (TPSA) is 74.2 Å². The molecule has 0 atom stereocenters. The van der Waals surface area contributed by atoms with Crippen LogP contribution in [0.15, 0.2) is 42.6 Å². The molecule has 2 aromatic carbocycles. The van der Waals surface area contributed by atoms with E-state index in [0.29, 0.717) is 23.7 Å². The number of nitrogens with zero attached hydrogens (tertiary/aromatic N) is 3. The summed E-state index contributed by atoms with van der Waals surface area (Å²) < 4.78 is 12.2. The van der Waals surface area contributed by atoms with Gasteiger partial charge in [-0.05, 0) is 82.1 Å². The van der Waals surface area contributed by atoms with E-state index < -0.39 is 0 Å². The van der Waals surface area contributed by atoms with Crippen LogP contribution < -0.4 is 9.47 Å². The Kier molecular flexibility index (Phi) is 5.89. The first kappa shape index (κ1) is 21.3. The third-order valence-corrected chi connectivity index (χ3v) is 6.51. The minimum Gasteiger partial charge on any atom is -0.492 e. The Morgan fingerprint density at radius 1 is 1.06 bits per heavy atom. The second-order valence-corrected chi connectivity index (χ2v) is 8.72. The smallest absolute Gasteiger partial charge is 0.139 e. The van der Waals surface area contributed by atoms with Crippen molar-refractivity contribution in [1.82, 2.24) is 14.9 Å². The molecule has 0 radical (unpaired) electrons. The SMILES string of the molecule is Cc1[nH]c2ccc(Oc3ccnc4cc(OCCCN5CCCC5)c(C#N)cc34)cc2c1C. The molecule has 1 fully saturated rings. The van der Waals surface area contributed by atoms with Gasteiger partial charge in [0.25, 0.3) is 0 Å². The Bertz CT molecular complexity index is 1350. The van der Waals surface area contributed by atoms with E-state index in [2.05, 4.69) is 34.8 Å². The highest BCUT2D eigenvalue weighted by atomic mass is 16.5. The van der Waals surface area contributed by atoms with Gasteiger partial charge >= 0.3 is 0 Å². The molecule has 0 bridgehead atoms. The zero-order valence-corrected chi connectivity index (χ0v) is 19.1. The number of benzene rings is 2. The van der Waals surface area contributed by atoms with Crippen LogP contribution in [0.5, 0.6) is 17.2 Å². The van der Waals surface area contributed by atoms with Gasteiger partial charge in [0.2, 0.25) is 0 Å². The lowest BCUT2D eigenvalue weighted by atomic mass is 10.1. The second-order valence-electron chi connectivity index (χ2n) is 8.72. The second kappa shape index (κ2) is 9.13. The molecule has 6 heteroatoms. The van der Waals surface area contributed by atoms with Crippen LogP contribution in [-0.2, 0) is 0 Å². The zero-order chi connectivity index (χ0) is 22.8. The number of fused-ring (bicyclic) bond motifs is 2. The molecule has 0 aliphatic carbocycles. The summed E-state index contributed by atoms with van der Waals surface area (Å²) in [6.07, 6.45) is 5.25. The summed E-state index contributed by atoms with van der Waals surface area (Å²) in [7, 11) is 0. The quantitative estimate of drug-likeness (QED) is 0.364. The molecular formula is C27H28N4O2. The van der Waals surface area contributed by atoms with E-state index in [1.165, 1.54) is 31.5 Å². The van der Waals surface area contributed by atoms with Gasteiger partial charge < -0.3 is 19.4 Å². The first-order chi connectivity index (χ1) is 16.1. The molecule has 2 aromatic heterocycles. The van der Waals surface area contributed by atoms with Crippen LogP contribution in [0.25, 0.3) is 21.8 Å². The lowest BCUT2D eigenvalue weighted by Gasteiger charge is -2.15. The molecular weight excluding hydrogens is 412 g/mol. The van der Waals surface area contributed by atoms with E-state index in [4.69, 9.17) is 9.47 Å². The summed E-state index contributed by atoms with van der Waals surface area (Å²) >= 11 is 0. The van der Waals surface area contributed by atoms with Crippen molar-refractivity contribution in [1.29, 1.82) is 5.26 Å². The molecule has 5 rings (SSSR count). The van der Waals surface area contributed by atoms with Gasteiger partial charge in [0, 0.05) is 40.8 Å². The van der Waals surface area contributed by atoms with Gasteiger partial charge in [0.05, 0.1) is 17.7 Å². The lowest BCUT2D eigenvalue weighted by molar-refractivity contribution is 0.263. The van der Waals surface area contributed by atoms with Crippen LogP contribution in [0.2, 0.25) is 0 Å². The molecule has 33 heavy (non-hydrogen) atoms. The molecule has 0 spiro atoms. The van der Waals surface area contributed by atoms with E-state index in [-0.39, 0.29) is 0 Å².